The van der Waals surface area contributed by atoms with Crippen LogP contribution in [0.1, 0.15) is 48.0 Å². The zero-order valence-electron chi connectivity index (χ0n) is 22.2. The third-order valence-electron chi connectivity index (χ3n) is 8.15. The van der Waals surface area contributed by atoms with Crippen molar-refractivity contribution < 1.29 is 58.6 Å². The van der Waals surface area contributed by atoms with Crippen LogP contribution in [-0.2, 0) is 38.1 Å². The van der Waals surface area contributed by atoms with Crippen molar-refractivity contribution >= 4 is 23.9 Å². The fraction of sp³-hybridized carbons (Fsp3) is 0.692. The van der Waals surface area contributed by atoms with Gasteiger partial charge in [0.1, 0.15) is 18.3 Å². The van der Waals surface area contributed by atoms with Crippen LogP contribution < -0.4 is 0 Å². The lowest BCUT2D eigenvalue weighted by Gasteiger charge is -2.60. The first-order valence-corrected chi connectivity index (χ1v) is 12.4. The Balaban J connectivity index is 2.46. The van der Waals surface area contributed by atoms with Gasteiger partial charge in [0.25, 0.3) is 0 Å². The topological polar surface area (TPSA) is 186 Å². The van der Waals surface area contributed by atoms with Gasteiger partial charge in [-0.25, -0.2) is 0 Å². The van der Waals surface area contributed by atoms with Gasteiger partial charge in [0.05, 0.1) is 29.6 Å². The van der Waals surface area contributed by atoms with Crippen LogP contribution in [0.3, 0.4) is 0 Å². The Morgan fingerprint density at radius 3 is 2.16 bits per heavy atom. The maximum absolute atomic E-state index is 12.8. The Kier molecular flexibility index (Phi) is 8.14. The molecular weight excluding hydrogens is 504 g/mol. The molecule has 1 saturated heterocycles. The van der Waals surface area contributed by atoms with Gasteiger partial charge in [0.2, 0.25) is 0 Å². The van der Waals surface area contributed by atoms with Crippen molar-refractivity contribution in [1.29, 1.82) is 0 Å². The van der Waals surface area contributed by atoms with Crippen LogP contribution in [0.2, 0.25) is 0 Å². The van der Waals surface area contributed by atoms with Crippen molar-refractivity contribution in [2.24, 2.45) is 17.3 Å². The molecule has 212 valence electrons. The summed E-state index contributed by atoms with van der Waals surface area (Å²) < 4.78 is 22.3. The molecule has 1 aliphatic heterocycles. The molecule has 0 aromatic rings. The highest BCUT2D eigenvalue weighted by atomic mass is 16.6. The van der Waals surface area contributed by atoms with Gasteiger partial charge in [-0.1, -0.05) is 13.0 Å². The second-order valence-electron chi connectivity index (χ2n) is 10.7. The third kappa shape index (κ3) is 4.86. The van der Waals surface area contributed by atoms with Crippen LogP contribution >= 0.6 is 0 Å². The zero-order chi connectivity index (χ0) is 28.8. The number of fused-ring (bicyclic) bond motifs is 2. The van der Waals surface area contributed by atoms with E-state index in [4.69, 9.17) is 18.9 Å². The van der Waals surface area contributed by atoms with Gasteiger partial charge < -0.3 is 39.4 Å². The molecule has 12 nitrogen and oxygen atoms in total. The number of hydrogen-bond donors (Lipinski definition) is 4. The third-order valence-corrected chi connectivity index (χ3v) is 8.15. The summed E-state index contributed by atoms with van der Waals surface area (Å²) in [5.74, 6) is -6.02. The zero-order valence-corrected chi connectivity index (χ0v) is 22.2. The average molecular weight is 541 g/mol. The quantitative estimate of drug-likeness (QED) is 0.270. The summed E-state index contributed by atoms with van der Waals surface area (Å²) in [6, 6.07) is 0. The molecule has 38 heavy (non-hydrogen) atoms. The Bertz CT molecular complexity index is 1050. The number of aliphatic hydroxyl groups excluding tert-OH is 2. The lowest BCUT2D eigenvalue weighted by molar-refractivity contribution is -0.284. The Morgan fingerprint density at radius 2 is 1.63 bits per heavy atom. The summed E-state index contributed by atoms with van der Waals surface area (Å²) in [5, 5.41) is 45.1. The maximum Gasteiger partial charge on any atom is 0.312 e. The molecule has 12 heteroatoms. The molecule has 0 bridgehead atoms. The minimum absolute atomic E-state index is 0.169. The van der Waals surface area contributed by atoms with E-state index in [0.29, 0.717) is 0 Å². The molecule has 4 N–H and O–H groups in total. The first-order valence-electron chi connectivity index (χ1n) is 12.4. The molecule has 0 radical (unpaired) electrons. The highest BCUT2D eigenvalue weighted by molar-refractivity contribution is 5.78. The monoisotopic (exact) mass is 540 g/mol. The number of carbonyl (C=O) groups is 4. The fourth-order valence-electron chi connectivity index (χ4n) is 6.16. The van der Waals surface area contributed by atoms with E-state index in [-0.39, 0.29) is 12.0 Å². The molecule has 0 unspecified atom stereocenters. The van der Waals surface area contributed by atoms with Crippen LogP contribution in [0.5, 0.6) is 0 Å². The van der Waals surface area contributed by atoms with Crippen molar-refractivity contribution in [3.8, 4) is 0 Å². The van der Waals surface area contributed by atoms with Crippen LogP contribution in [-0.4, -0.2) is 92.6 Å². The molecule has 3 aliphatic rings. The minimum Gasteiger partial charge on any atom is -0.462 e. The standard InChI is InChI=1S/C26H36O12/c1-12-23(32)38-20-9-16(11-27)7-8-18(35-13(2)28)24(5)19(36-14(3)29)10-17(31)25(6,33)21(24)22(26(12,20)34)37-15(4)30/h7-9,12,17-22,27,31,33-34H,10-11H2,1-6H3/t12-,17+,18-,19-,20-,21+,22-,24-,25+,26-/m0/s1. The van der Waals surface area contributed by atoms with E-state index in [1.807, 2.05) is 0 Å². The van der Waals surface area contributed by atoms with Gasteiger partial charge in [-0.05, 0) is 31.6 Å². The molecule has 0 amide bonds. The van der Waals surface area contributed by atoms with Crippen molar-refractivity contribution in [2.75, 3.05) is 6.61 Å². The first kappa shape index (κ1) is 29.8. The average Bonchev–Trinajstić information content (AvgIpc) is 3.01. The predicted octanol–water partition coefficient (Wildman–Crippen LogP) is -0.299. The summed E-state index contributed by atoms with van der Waals surface area (Å²) >= 11 is 0. The highest BCUT2D eigenvalue weighted by Gasteiger charge is 2.72. The second kappa shape index (κ2) is 10.4. The van der Waals surface area contributed by atoms with Gasteiger partial charge in [0.15, 0.2) is 11.7 Å². The number of esters is 4. The van der Waals surface area contributed by atoms with Crippen LogP contribution in [0.25, 0.3) is 0 Å². The van der Waals surface area contributed by atoms with E-state index in [1.165, 1.54) is 39.0 Å². The number of aliphatic hydroxyl groups is 4. The fourth-order valence-corrected chi connectivity index (χ4v) is 6.16. The molecule has 0 aromatic carbocycles. The minimum atomic E-state index is -2.33. The van der Waals surface area contributed by atoms with Crippen LogP contribution in [0, 0.1) is 17.3 Å². The van der Waals surface area contributed by atoms with E-state index in [2.05, 4.69) is 0 Å². The summed E-state index contributed by atoms with van der Waals surface area (Å²) in [7, 11) is 0. The normalized spacial score (nSPS) is 42.6. The number of rotatable bonds is 4. The maximum atomic E-state index is 12.8. The number of ether oxygens (including phenoxy) is 4. The van der Waals surface area contributed by atoms with Gasteiger partial charge in [0, 0.05) is 33.1 Å². The second-order valence-corrected chi connectivity index (χ2v) is 10.7. The molecule has 0 aromatic heterocycles. The van der Waals surface area contributed by atoms with E-state index < -0.39 is 89.5 Å². The molecule has 1 saturated carbocycles. The summed E-state index contributed by atoms with van der Waals surface area (Å²) in [6.07, 6.45) is -3.53. The van der Waals surface area contributed by atoms with E-state index >= 15 is 0 Å². The van der Waals surface area contributed by atoms with Gasteiger partial charge in [-0.2, -0.15) is 0 Å². The van der Waals surface area contributed by atoms with Crippen molar-refractivity contribution in [2.45, 2.75) is 89.7 Å². The van der Waals surface area contributed by atoms with E-state index in [1.54, 1.807) is 0 Å². The molecule has 0 spiro atoms. The molecule has 2 aliphatic carbocycles. The van der Waals surface area contributed by atoms with Crippen LogP contribution in [0.4, 0.5) is 0 Å². The lowest BCUT2D eigenvalue weighted by atomic mass is 9.51. The Hall–Kier alpha value is -2.80. The molecule has 1 heterocycles. The SMILES string of the molecule is CC(=O)O[C@H]1C=CC(CO)=C[C@@H]2OC(=O)[C@H](C)[C@@]2(O)[C@@H](OC(C)=O)[C@H]2[C@](C)(O)[C@H](O)C[C@H](OC(C)=O)[C@]12C. The van der Waals surface area contributed by atoms with Crippen LogP contribution in [0.15, 0.2) is 23.8 Å². The first-order chi connectivity index (χ1) is 17.5. The number of carbonyl (C=O) groups excluding carboxylic acids is 4. The smallest absolute Gasteiger partial charge is 0.312 e. The van der Waals surface area contributed by atoms with Crippen molar-refractivity contribution in [1.82, 2.24) is 0 Å². The molecule has 3 rings (SSSR count). The summed E-state index contributed by atoms with van der Waals surface area (Å²) in [6.45, 7) is 6.90. The van der Waals surface area contributed by atoms with Gasteiger partial charge >= 0.3 is 23.9 Å². The predicted molar refractivity (Wildman–Crippen MR) is 128 cm³/mol. The van der Waals surface area contributed by atoms with Crippen molar-refractivity contribution in [3.63, 3.8) is 0 Å². The summed E-state index contributed by atoms with van der Waals surface area (Å²) in [4.78, 5) is 49.6. The van der Waals surface area contributed by atoms with Crippen molar-refractivity contribution in [3.05, 3.63) is 23.8 Å². The highest BCUT2D eigenvalue weighted by Crippen LogP contribution is 2.57. The Morgan fingerprint density at radius 1 is 1.05 bits per heavy atom. The molecule has 2 fully saturated rings. The molecule has 10 atom stereocenters. The largest absolute Gasteiger partial charge is 0.462 e. The Labute approximate surface area is 220 Å². The van der Waals surface area contributed by atoms with Gasteiger partial charge in [-0.15, -0.1) is 0 Å². The summed E-state index contributed by atoms with van der Waals surface area (Å²) in [5.41, 5.74) is -5.97. The van der Waals surface area contributed by atoms with E-state index in [9.17, 15) is 39.6 Å². The number of hydrogen-bond acceptors (Lipinski definition) is 12. The molecular formula is C26H36O12. The van der Waals surface area contributed by atoms with Gasteiger partial charge in [-0.3, -0.25) is 19.2 Å². The lowest BCUT2D eigenvalue weighted by Crippen LogP contribution is -2.73. The van der Waals surface area contributed by atoms with E-state index in [0.717, 1.165) is 20.8 Å².